The number of hydrogen-bond acceptors (Lipinski definition) is 3. The standard InChI is InChI=1S/C16H23N3O/c1-12-11-13(7-8-17-12)16(20)19-10-9-18(2)14-5-3-4-6-15(14)19/h3-6,12-13,17H,7-11H2,1-2H3/t12-,13-/m0/s1. The Balaban J connectivity index is 1.84. The summed E-state index contributed by atoms with van der Waals surface area (Å²) in [6, 6.07) is 8.66. The molecule has 2 aliphatic rings. The lowest BCUT2D eigenvalue weighted by Crippen LogP contribution is -2.48. The minimum Gasteiger partial charge on any atom is -0.371 e. The van der Waals surface area contributed by atoms with Crippen molar-refractivity contribution in [1.29, 1.82) is 0 Å². The molecule has 0 radical (unpaired) electrons. The number of nitrogens with one attached hydrogen (secondary N) is 1. The van der Waals surface area contributed by atoms with Gasteiger partial charge >= 0.3 is 0 Å². The maximum Gasteiger partial charge on any atom is 0.230 e. The van der Waals surface area contributed by atoms with E-state index < -0.39 is 0 Å². The molecule has 0 unspecified atom stereocenters. The van der Waals surface area contributed by atoms with E-state index in [4.69, 9.17) is 0 Å². The fourth-order valence-electron chi connectivity index (χ4n) is 3.31. The molecule has 0 aromatic heterocycles. The number of anilines is 2. The number of nitrogens with zero attached hydrogens (tertiary/aromatic N) is 2. The van der Waals surface area contributed by atoms with Crippen LogP contribution in [0.4, 0.5) is 11.4 Å². The molecule has 1 aromatic rings. The first-order valence-electron chi connectivity index (χ1n) is 7.51. The number of piperidine rings is 1. The molecule has 2 aliphatic heterocycles. The molecule has 2 heterocycles. The first kappa shape index (κ1) is 13.4. The van der Waals surface area contributed by atoms with Crippen LogP contribution < -0.4 is 15.1 Å². The average Bonchev–Trinajstić information content (AvgIpc) is 2.47. The second kappa shape index (κ2) is 5.44. The van der Waals surface area contributed by atoms with Crippen LogP contribution in [-0.2, 0) is 4.79 Å². The van der Waals surface area contributed by atoms with Crippen LogP contribution in [0.1, 0.15) is 19.8 Å². The summed E-state index contributed by atoms with van der Waals surface area (Å²) in [4.78, 5) is 17.1. The van der Waals surface area contributed by atoms with Gasteiger partial charge in [0, 0.05) is 32.1 Å². The molecule has 4 heteroatoms. The molecule has 4 nitrogen and oxygen atoms in total. The quantitative estimate of drug-likeness (QED) is 0.848. The Kier molecular flexibility index (Phi) is 3.66. The van der Waals surface area contributed by atoms with Crippen LogP contribution in [0, 0.1) is 5.92 Å². The van der Waals surface area contributed by atoms with E-state index in [1.165, 1.54) is 0 Å². The van der Waals surface area contributed by atoms with Crippen LogP contribution in [0.5, 0.6) is 0 Å². The summed E-state index contributed by atoms with van der Waals surface area (Å²) in [5.41, 5.74) is 2.23. The number of amides is 1. The molecule has 3 rings (SSSR count). The topological polar surface area (TPSA) is 35.6 Å². The molecule has 108 valence electrons. The van der Waals surface area contributed by atoms with E-state index in [1.54, 1.807) is 0 Å². The van der Waals surface area contributed by atoms with Crippen LogP contribution >= 0.6 is 0 Å². The summed E-state index contributed by atoms with van der Waals surface area (Å²) in [6.07, 6.45) is 1.91. The Morgan fingerprint density at radius 1 is 1.25 bits per heavy atom. The Hall–Kier alpha value is -1.55. The van der Waals surface area contributed by atoms with E-state index in [-0.39, 0.29) is 5.92 Å². The Bertz CT molecular complexity index is 502. The fraction of sp³-hybridized carbons (Fsp3) is 0.562. The van der Waals surface area contributed by atoms with Gasteiger partial charge in [-0.3, -0.25) is 4.79 Å². The Morgan fingerprint density at radius 2 is 2.00 bits per heavy atom. The van der Waals surface area contributed by atoms with E-state index in [0.717, 1.165) is 43.9 Å². The van der Waals surface area contributed by atoms with Gasteiger partial charge in [0.15, 0.2) is 0 Å². The summed E-state index contributed by atoms with van der Waals surface area (Å²) >= 11 is 0. The van der Waals surface area contributed by atoms with Crippen LogP contribution in [0.3, 0.4) is 0 Å². The molecule has 0 bridgehead atoms. The first-order chi connectivity index (χ1) is 9.66. The molecule has 0 aliphatic carbocycles. The van der Waals surface area contributed by atoms with Crippen molar-refractivity contribution in [3.63, 3.8) is 0 Å². The summed E-state index contributed by atoms with van der Waals surface area (Å²) in [5.74, 6) is 0.474. The normalized spacial score (nSPS) is 26.3. The smallest absolute Gasteiger partial charge is 0.230 e. The number of benzene rings is 1. The van der Waals surface area contributed by atoms with Crippen molar-refractivity contribution in [3.05, 3.63) is 24.3 Å². The molecule has 1 aromatic carbocycles. The number of likely N-dealkylation sites (N-methyl/N-ethyl adjacent to an activating group) is 1. The van der Waals surface area contributed by atoms with Crippen molar-refractivity contribution in [2.75, 3.05) is 36.5 Å². The van der Waals surface area contributed by atoms with E-state index in [2.05, 4.69) is 36.3 Å². The number of fused-ring (bicyclic) bond motifs is 1. The molecule has 0 saturated carbocycles. The number of rotatable bonds is 1. The molecule has 20 heavy (non-hydrogen) atoms. The highest BCUT2D eigenvalue weighted by Crippen LogP contribution is 2.33. The van der Waals surface area contributed by atoms with Gasteiger partial charge in [-0.15, -0.1) is 0 Å². The highest BCUT2D eigenvalue weighted by Gasteiger charge is 2.32. The second-order valence-corrected chi connectivity index (χ2v) is 5.98. The van der Waals surface area contributed by atoms with Gasteiger partial charge in [-0.2, -0.15) is 0 Å². The van der Waals surface area contributed by atoms with Crippen molar-refractivity contribution >= 4 is 17.3 Å². The molecule has 1 saturated heterocycles. The minimum atomic E-state index is 0.169. The van der Waals surface area contributed by atoms with Crippen LogP contribution in [0.15, 0.2) is 24.3 Å². The zero-order chi connectivity index (χ0) is 14.1. The van der Waals surface area contributed by atoms with E-state index in [0.29, 0.717) is 11.9 Å². The summed E-state index contributed by atoms with van der Waals surface area (Å²) < 4.78 is 0. The van der Waals surface area contributed by atoms with Gasteiger partial charge in [-0.25, -0.2) is 0 Å². The van der Waals surface area contributed by atoms with Gasteiger partial charge in [-0.05, 0) is 38.4 Å². The van der Waals surface area contributed by atoms with Crippen molar-refractivity contribution in [1.82, 2.24) is 5.32 Å². The van der Waals surface area contributed by atoms with Crippen molar-refractivity contribution in [2.24, 2.45) is 5.92 Å². The number of hydrogen-bond donors (Lipinski definition) is 1. The number of carbonyl (C=O) groups is 1. The van der Waals surface area contributed by atoms with Gasteiger partial charge in [0.05, 0.1) is 11.4 Å². The maximum absolute atomic E-state index is 12.8. The maximum atomic E-state index is 12.8. The van der Waals surface area contributed by atoms with Crippen molar-refractivity contribution in [3.8, 4) is 0 Å². The molecule has 1 fully saturated rings. The van der Waals surface area contributed by atoms with E-state index >= 15 is 0 Å². The number of carbonyl (C=O) groups excluding carboxylic acids is 1. The molecule has 0 spiro atoms. The van der Waals surface area contributed by atoms with Gasteiger partial charge in [0.1, 0.15) is 0 Å². The SMILES string of the molecule is C[C@H]1C[C@@H](C(=O)N2CCN(C)c3ccccc32)CCN1. The predicted octanol–water partition coefficient (Wildman–Crippen LogP) is 1.86. The third kappa shape index (κ3) is 2.40. The van der Waals surface area contributed by atoms with Crippen LogP contribution in [-0.4, -0.2) is 38.6 Å². The third-order valence-electron chi connectivity index (χ3n) is 4.48. The van der Waals surface area contributed by atoms with Gasteiger partial charge in [-0.1, -0.05) is 12.1 Å². The monoisotopic (exact) mass is 273 g/mol. The lowest BCUT2D eigenvalue weighted by atomic mass is 9.91. The zero-order valence-corrected chi connectivity index (χ0v) is 12.3. The van der Waals surface area contributed by atoms with Gasteiger partial charge in [0.25, 0.3) is 0 Å². The molecular weight excluding hydrogens is 250 g/mol. The third-order valence-corrected chi connectivity index (χ3v) is 4.48. The minimum absolute atomic E-state index is 0.169. The first-order valence-corrected chi connectivity index (χ1v) is 7.51. The molecule has 1 amide bonds. The lowest BCUT2D eigenvalue weighted by Gasteiger charge is -2.38. The highest BCUT2D eigenvalue weighted by atomic mass is 16.2. The van der Waals surface area contributed by atoms with Crippen molar-refractivity contribution < 1.29 is 4.79 Å². The van der Waals surface area contributed by atoms with Crippen molar-refractivity contribution in [2.45, 2.75) is 25.8 Å². The largest absolute Gasteiger partial charge is 0.371 e. The second-order valence-electron chi connectivity index (χ2n) is 5.98. The summed E-state index contributed by atoms with van der Waals surface area (Å²) in [7, 11) is 2.09. The van der Waals surface area contributed by atoms with Crippen LogP contribution in [0.2, 0.25) is 0 Å². The number of para-hydroxylation sites is 2. The lowest BCUT2D eigenvalue weighted by molar-refractivity contribution is -0.123. The predicted molar refractivity (Wildman–Crippen MR) is 82.3 cm³/mol. The molecule has 1 N–H and O–H groups in total. The highest BCUT2D eigenvalue weighted by molar-refractivity contribution is 5.99. The van der Waals surface area contributed by atoms with Gasteiger partial charge in [0.2, 0.25) is 5.91 Å². The van der Waals surface area contributed by atoms with Gasteiger partial charge < -0.3 is 15.1 Å². The Morgan fingerprint density at radius 3 is 2.75 bits per heavy atom. The summed E-state index contributed by atoms with van der Waals surface area (Å²) in [6.45, 7) is 4.82. The Labute approximate surface area is 120 Å². The summed E-state index contributed by atoms with van der Waals surface area (Å²) in [5, 5.41) is 3.42. The average molecular weight is 273 g/mol. The zero-order valence-electron chi connectivity index (χ0n) is 12.3. The van der Waals surface area contributed by atoms with Crippen LogP contribution in [0.25, 0.3) is 0 Å². The fourth-order valence-corrected chi connectivity index (χ4v) is 3.31. The molecular formula is C16H23N3O. The van der Waals surface area contributed by atoms with E-state index in [1.807, 2.05) is 17.0 Å². The molecule has 2 atom stereocenters. The van der Waals surface area contributed by atoms with E-state index in [9.17, 15) is 4.79 Å².